The molecule has 156 valence electrons. The molecule has 3 aromatic rings. The summed E-state index contributed by atoms with van der Waals surface area (Å²) >= 11 is 0. The van der Waals surface area contributed by atoms with Crippen LogP contribution in [0.15, 0.2) is 46.0 Å². The molecule has 1 N–H and O–H groups in total. The summed E-state index contributed by atoms with van der Waals surface area (Å²) in [6.07, 6.45) is 2.20. The van der Waals surface area contributed by atoms with E-state index >= 15 is 0 Å². The first kappa shape index (κ1) is 19.9. The Morgan fingerprint density at radius 1 is 0.967 bits per heavy atom. The van der Waals surface area contributed by atoms with Crippen LogP contribution < -0.4 is 21.3 Å². The summed E-state index contributed by atoms with van der Waals surface area (Å²) in [6, 6.07) is 9.41. The Morgan fingerprint density at radius 3 is 2.13 bits per heavy atom. The molecule has 30 heavy (non-hydrogen) atoms. The number of amides is 1. The van der Waals surface area contributed by atoms with Gasteiger partial charge < -0.3 is 19.4 Å². The molecule has 0 spiro atoms. The molecule has 2 heterocycles. The summed E-state index contributed by atoms with van der Waals surface area (Å²) < 4.78 is 15.8. The largest absolute Gasteiger partial charge is 0.370 e. The zero-order valence-corrected chi connectivity index (χ0v) is 16.9. The third-order valence-corrected chi connectivity index (χ3v) is 5.61. The number of aryl methyl sites for hydroxylation is 2. The molecular formula is C22H23FN4O3. The van der Waals surface area contributed by atoms with Crippen LogP contribution in [0.25, 0.3) is 11.0 Å². The van der Waals surface area contributed by atoms with E-state index in [-0.39, 0.29) is 18.1 Å². The van der Waals surface area contributed by atoms with Crippen LogP contribution in [0.3, 0.4) is 0 Å². The first-order valence-electron chi connectivity index (χ1n) is 9.88. The molecule has 2 aromatic carbocycles. The van der Waals surface area contributed by atoms with E-state index < -0.39 is 11.1 Å². The third kappa shape index (κ3) is 3.60. The lowest BCUT2D eigenvalue weighted by molar-refractivity contribution is -0.115. The zero-order chi connectivity index (χ0) is 21.4. The highest BCUT2D eigenvalue weighted by atomic mass is 19.1. The molecule has 8 heteroatoms. The first-order valence-corrected chi connectivity index (χ1v) is 9.88. The molecule has 0 radical (unpaired) electrons. The van der Waals surface area contributed by atoms with Gasteiger partial charge in [0.2, 0.25) is 5.91 Å². The molecule has 1 saturated heterocycles. The van der Waals surface area contributed by atoms with Crippen LogP contribution in [0.5, 0.6) is 0 Å². The van der Waals surface area contributed by atoms with Crippen molar-refractivity contribution in [3.05, 3.63) is 68.5 Å². The highest BCUT2D eigenvalue weighted by Crippen LogP contribution is 2.32. The second kappa shape index (κ2) is 7.78. The summed E-state index contributed by atoms with van der Waals surface area (Å²) in [6.45, 7) is 1.71. The van der Waals surface area contributed by atoms with Crippen molar-refractivity contribution in [2.75, 3.05) is 23.3 Å². The number of aromatic nitrogens is 2. The molecule has 0 unspecified atom stereocenters. The predicted molar refractivity (Wildman–Crippen MR) is 115 cm³/mol. The monoisotopic (exact) mass is 410 g/mol. The van der Waals surface area contributed by atoms with Crippen LogP contribution in [0.2, 0.25) is 0 Å². The molecule has 1 amide bonds. The summed E-state index contributed by atoms with van der Waals surface area (Å²) in [7, 11) is 3.12. The minimum atomic E-state index is -0.623. The van der Waals surface area contributed by atoms with Gasteiger partial charge in [-0.1, -0.05) is 12.1 Å². The van der Waals surface area contributed by atoms with E-state index in [0.717, 1.165) is 31.6 Å². The van der Waals surface area contributed by atoms with Crippen LogP contribution in [0.1, 0.15) is 18.4 Å². The van der Waals surface area contributed by atoms with Crippen LogP contribution >= 0.6 is 0 Å². The summed E-state index contributed by atoms with van der Waals surface area (Å²) in [4.78, 5) is 39.4. The number of rotatable bonds is 4. The maximum absolute atomic E-state index is 13.1. The number of nitrogens with zero attached hydrogens (tertiary/aromatic N) is 3. The molecule has 0 atom stereocenters. The molecule has 7 nitrogen and oxygen atoms in total. The Kier molecular flexibility index (Phi) is 5.15. The van der Waals surface area contributed by atoms with Crippen molar-refractivity contribution in [2.24, 2.45) is 14.1 Å². The molecular weight excluding hydrogens is 387 g/mol. The van der Waals surface area contributed by atoms with Crippen LogP contribution in [-0.2, 0) is 25.3 Å². The Hall–Kier alpha value is -3.42. The molecule has 1 aliphatic rings. The maximum Gasteiger partial charge on any atom is 0.316 e. The molecule has 0 saturated carbocycles. The van der Waals surface area contributed by atoms with Crippen molar-refractivity contribution in [1.82, 2.24) is 9.13 Å². The number of hydrogen-bond donors (Lipinski definition) is 1. The second-order valence-corrected chi connectivity index (χ2v) is 7.63. The van der Waals surface area contributed by atoms with E-state index in [1.165, 1.54) is 21.3 Å². The summed E-state index contributed by atoms with van der Waals surface area (Å²) in [5, 5.41) is 2.95. The summed E-state index contributed by atoms with van der Waals surface area (Å²) in [5.74, 6) is -0.590. The lowest BCUT2D eigenvalue weighted by Crippen LogP contribution is -2.39. The van der Waals surface area contributed by atoms with Gasteiger partial charge in [0.15, 0.2) is 0 Å². The van der Waals surface area contributed by atoms with E-state index in [9.17, 15) is 18.8 Å². The Balaban J connectivity index is 1.77. The topological polar surface area (TPSA) is 76.3 Å². The number of fused-ring (bicyclic) bond motifs is 1. The van der Waals surface area contributed by atoms with Gasteiger partial charge in [-0.15, -0.1) is 0 Å². The normalized spacial score (nSPS) is 13.8. The summed E-state index contributed by atoms with van der Waals surface area (Å²) in [5.41, 5.74) is 2.08. The Morgan fingerprint density at radius 2 is 1.53 bits per heavy atom. The van der Waals surface area contributed by atoms with Gasteiger partial charge in [-0.2, -0.15) is 0 Å². The predicted octanol–water partition coefficient (Wildman–Crippen LogP) is 2.16. The van der Waals surface area contributed by atoms with Crippen molar-refractivity contribution in [2.45, 2.75) is 19.3 Å². The molecule has 4 rings (SSSR count). The standard InChI is InChI=1S/C22H23FN4O3/c1-25-18-12-16(24-20(28)11-14-5-7-15(23)8-6-14)17(27-9-3-4-10-27)13-19(18)26(2)22(30)21(25)29/h5-8,12-13H,3-4,9-11H2,1-2H3,(H,24,28). The minimum Gasteiger partial charge on any atom is -0.370 e. The molecule has 1 fully saturated rings. The number of benzene rings is 2. The van der Waals surface area contributed by atoms with Crippen molar-refractivity contribution in [3.63, 3.8) is 0 Å². The van der Waals surface area contributed by atoms with Gasteiger partial charge in [-0.05, 0) is 42.7 Å². The number of carbonyl (C=O) groups is 1. The zero-order valence-electron chi connectivity index (χ0n) is 16.9. The number of hydrogen-bond acceptors (Lipinski definition) is 4. The highest BCUT2D eigenvalue weighted by molar-refractivity contribution is 5.99. The van der Waals surface area contributed by atoms with Crippen LogP contribution in [0.4, 0.5) is 15.8 Å². The number of carbonyl (C=O) groups excluding carboxylic acids is 1. The quantitative estimate of drug-likeness (QED) is 0.669. The fourth-order valence-electron chi connectivity index (χ4n) is 3.91. The van der Waals surface area contributed by atoms with E-state index in [1.54, 1.807) is 32.3 Å². The van der Waals surface area contributed by atoms with E-state index in [2.05, 4.69) is 10.2 Å². The van der Waals surface area contributed by atoms with Crippen molar-refractivity contribution >= 4 is 28.3 Å². The number of halogens is 1. The average Bonchev–Trinajstić information content (AvgIpc) is 3.26. The van der Waals surface area contributed by atoms with Gasteiger partial charge >= 0.3 is 11.1 Å². The fraction of sp³-hybridized carbons (Fsp3) is 0.318. The van der Waals surface area contributed by atoms with Gasteiger partial charge in [0, 0.05) is 27.2 Å². The lowest BCUT2D eigenvalue weighted by atomic mass is 10.1. The fourth-order valence-corrected chi connectivity index (χ4v) is 3.91. The SMILES string of the molecule is Cn1c(=O)c(=O)n(C)c2cc(N3CCCC3)c(NC(=O)Cc3ccc(F)cc3)cc21. The van der Waals surface area contributed by atoms with Crippen molar-refractivity contribution < 1.29 is 9.18 Å². The van der Waals surface area contributed by atoms with Gasteiger partial charge in [0.25, 0.3) is 0 Å². The Bertz CT molecular complexity index is 1240. The minimum absolute atomic E-state index is 0.101. The molecule has 1 aromatic heterocycles. The smallest absolute Gasteiger partial charge is 0.316 e. The highest BCUT2D eigenvalue weighted by Gasteiger charge is 2.20. The number of anilines is 2. The van der Waals surface area contributed by atoms with Crippen LogP contribution in [0, 0.1) is 5.82 Å². The second-order valence-electron chi connectivity index (χ2n) is 7.63. The molecule has 0 bridgehead atoms. The van der Waals surface area contributed by atoms with Crippen molar-refractivity contribution in [1.29, 1.82) is 0 Å². The average molecular weight is 410 g/mol. The van der Waals surface area contributed by atoms with Gasteiger partial charge in [-0.25, -0.2) is 4.39 Å². The first-order chi connectivity index (χ1) is 14.3. The third-order valence-electron chi connectivity index (χ3n) is 5.61. The van der Waals surface area contributed by atoms with E-state index in [0.29, 0.717) is 22.3 Å². The van der Waals surface area contributed by atoms with Gasteiger partial charge in [-0.3, -0.25) is 14.4 Å². The maximum atomic E-state index is 13.1. The Labute approximate surface area is 172 Å². The van der Waals surface area contributed by atoms with Gasteiger partial charge in [0.1, 0.15) is 5.82 Å². The molecule has 0 aliphatic carbocycles. The van der Waals surface area contributed by atoms with Crippen LogP contribution in [-0.4, -0.2) is 28.1 Å². The van der Waals surface area contributed by atoms with Crippen molar-refractivity contribution in [3.8, 4) is 0 Å². The lowest BCUT2D eigenvalue weighted by Gasteiger charge is -2.23. The van der Waals surface area contributed by atoms with E-state index in [1.807, 2.05) is 6.07 Å². The molecule has 1 aliphatic heterocycles. The van der Waals surface area contributed by atoms with Gasteiger partial charge in [0.05, 0.1) is 28.8 Å². The van der Waals surface area contributed by atoms with E-state index in [4.69, 9.17) is 0 Å². The number of nitrogens with one attached hydrogen (secondary N) is 1.